The summed E-state index contributed by atoms with van der Waals surface area (Å²) in [5.74, 6) is 0.696. The van der Waals surface area contributed by atoms with Gasteiger partial charge < -0.3 is 9.30 Å². The second-order valence-electron chi connectivity index (χ2n) is 6.94. The highest BCUT2D eigenvalue weighted by Gasteiger charge is 2.24. The summed E-state index contributed by atoms with van der Waals surface area (Å²) >= 11 is 3.49. The molecule has 28 heavy (non-hydrogen) atoms. The van der Waals surface area contributed by atoms with Crippen molar-refractivity contribution in [3.8, 4) is 11.4 Å². The molecule has 1 fully saturated rings. The van der Waals surface area contributed by atoms with Gasteiger partial charge in [0.05, 0.1) is 27.9 Å². The molecular formula is C20H28BrClN2O3S. The summed E-state index contributed by atoms with van der Waals surface area (Å²) in [4.78, 5) is 2.79. The van der Waals surface area contributed by atoms with Gasteiger partial charge in [-0.2, -0.15) is 0 Å². The fraction of sp³-hybridized carbons (Fsp3) is 0.500. The first-order valence-electron chi connectivity index (χ1n) is 9.41. The van der Waals surface area contributed by atoms with Crippen LogP contribution in [0.5, 0.6) is 5.75 Å². The highest BCUT2D eigenvalue weighted by atomic mass is 79.9. The number of methoxy groups -OCH3 is 1. The predicted molar refractivity (Wildman–Crippen MR) is 119 cm³/mol. The number of piperidine rings is 1. The number of nitrogens with zero attached hydrogens (tertiary/aromatic N) is 2. The van der Waals surface area contributed by atoms with E-state index in [9.17, 15) is 8.42 Å². The van der Waals surface area contributed by atoms with Crippen molar-refractivity contribution in [3.05, 3.63) is 40.6 Å². The summed E-state index contributed by atoms with van der Waals surface area (Å²) < 4.78 is 33.2. The first-order chi connectivity index (χ1) is 12.9. The lowest BCUT2D eigenvalue weighted by Crippen LogP contribution is -2.33. The molecule has 2 aromatic rings. The van der Waals surface area contributed by atoms with Crippen molar-refractivity contribution in [2.24, 2.45) is 0 Å². The van der Waals surface area contributed by atoms with Gasteiger partial charge in [-0.05, 0) is 73.1 Å². The Hall–Kier alpha value is -1.02. The molecule has 2 heterocycles. The summed E-state index contributed by atoms with van der Waals surface area (Å²) in [5.41, 5.74) is 1.87. The fourth-order valence-corrected chi connectivity index (χ4v) is 5.41. The number of rotatable bonds is 6. The smallest absolute Gasteiger partial charge is 0.178 e. The Balaban J connectivity index is 0.00000280. The highest BCUT2D eigenvalue weighted by molar-refractivity contribution is 9.10. The Kier molecular flexibility index (Phi) is 8.02. The van der Waals surface area contributed by atoms with E-state index in [0.29, 0.717) is 15.1 Å². The summed E-state index contributed by atoms with van der Waals surface area (Å²) in [6, 6.07) is 7.69. The van der Waals surface area contributed by atoms with Gasteiger partial charge in [0.2, 0.25) is 0 Å². The van der Waals surface area contributed by atoms with Crippen LogP contribution in [-0.2, 0) is 9.84 Å². The topological polar surface area (TPSA) is 51.5 Å². The fourth-order valence-electron chi connectivity index (χ4n) is 3.73. The monoisotopic (exact) mass is 490 g/mol. The van der Waals surface area contributed by atoms with Gasteiger partial charge in [-0.15, -0.1) is 12.4 Å². The third-order valence-electron chi connectivity index (χ3n) is 5.35. The third kappa shape index (κ3) is 4.58. The molecule has 1 aliphatic heterocycles. The summed E-state index contributed by atoms with van der Waals surface area (Å²) in [6.45, 7) is 6.06. The minimum atomic E-state index is -3.32. The molecule has 1 saturated heterocycles. The van der Waals surface area contributed by atoms with Crippen LogP contribution in [0.3, 0.4) is 0 Å². The van der Waals surface area contributed by atoms with Crippen molar-refractivity contribution in [1.29, 1.82) is 0 Å². The summed E-state index contributed by atoms with van der Waals surface area (Å²) in [7, 11) is -1.72. The Bertz CT molecular complexity index is 908. The Labute approximate surface area is 182 Å². The van der Waals surface area contributed by atoms with E-state index >= 15 is 0 Å². The van der Waals surface area contributed by atoms with E-state index in [1.165, 1.54) is 19.3 Å². The van der Waals surface area contributed by atoms with Crippen LogP contribution in [0, 0.1) is 0 Å². The molecule has 0 amide bonds. The van der Waals surface area contributed by atoms with Crippen LogP contribution in [0.1, 0.15) is 44.8 Å². The van der Waals surface area contributed by atoms with Crippen LogP contribution in [0.2, 0.25) is 0 Å². The molecule has 1 unspecified atom stereocenters. The van der Waals surface area contributed by atoms with E-state index in [-0.39, 0.29) is 24.2 Å². The SMILES string of the molecule is CCS(=O)(=O)c1cc(Br)c(OC)c(-n2cccc2C(C)N2CCCCC2)c1.Cl. The lowest BCUT2D eigenvalue weighted by Gasteiger charge is -2.33. The van der Waals surface area contributed by atoms with Gasteiger partial charge >= 0.3 is 0 Å². The zero-order chi connectivity index (χ0) is 19.6. The highest BCUT2D eigenvalue weighted by Crippen LogP contribution is 2.37. The number of halogens is 2. The van der Waals surface area contributed by atoms with Crippen LogP contribution < -0.4 is 4.74 Å². The minimum Gasteiger partial charge on any atom is -0.493 e. The largest absolute Gasteiger partial charge is 0.493 e. The maximum absolute atomic E-state index is 12.5. The summed E-state index contributed by atoms with van der Waals surface area (Å²) in [6.07, 6.45) is 5.72. The van der Waals surface area contributed by atoms with E-state index < -0.39 is 9.84 Å². The van der Waals surface area contributed by atoms with E-state index in [2.05, 4.69) is 38.4 Å². The minimum absolute atomic E-state index is 0. The molecule has 156 valence electrons. The normalized spacial score (nSPS) is 16.4. The molecule has 3 rings (SSSR count). The quantitative estimate of drug-likeness (QED) is 0.570. The van der Waals surface area contributed by atoms with Crippen molar-refractivity contribution in [2.75, 3.05) is 26.0 Å². The number of sulfone groups is 1. The van der Waals surface area contributed by atoms with E-state index in [4.69, 9.17) is 4.74 Å². The van der Waals surface area contributed by atoms with Crippen molar-refractivity contribution < 1.29 is 13.2 Å². The van der Waals surface area contributed by atoms with Crippen molar-refractivity contribution >= 4 is 38.2 Å². The van der Waals surface area contributed by atoms with Gasteiger partial charge in [-0.25, -0.2) is 8.42 Å². The van der Waals surface area contributed by atoms with Crippen LogP contribution in [0.15, 0.2) is 39.8 Å². The molecule has 1 atom stereocenters. The number of ether oxygens (including phenoxy) is 1. The molecule has 5 nitrogen and oxygen atoms in total. The third-order valence-corrected chi connectivity index (χ3v) is 7.65. The molecule has 0 N–H and O–H groups in total. The number of hydrogen-bond donors (Lipinski definition) is 0. The maximum atomic E-state index is 12.5. The van der Waals surface area contributed by atoms with Gasteiger partial charge in [-0.1, -0.05) is 13.3 Å². The molecular weight excluding hydrogens is 464 g/mol. The van der Waals surface area contributed by atoms with Crippen LogP contribution >= 0.6 is 28.3 Å². The van der Waals surface area contributed by atoms with Crippen molar-refractivity contribution in [1.82, 2.24) is 9.47 Å². The second-order valence-corrected chi connectivity index (χ2v) is 10.1. The van der Waals surface area contributed by atoms with Gasteiger partial charge in [0.1, 0.15) is 0 Å². The predicted octanol–water partition coefficient (Wildman–Crippen LogP) is 5.01. The average Bonchev–Trinajstić information content (AvgIpc) is 3.17. The maximum Gasteiger partial charge on any atom is 0.178 e. The second kappa shape index (κ2) is 9.65. The first kappa shape index (κ1) is 23.3. The van der Waals surface area contributed by atoms with E-state index in [0.717, 1.165) is 24.5 Å². The molecule has 1 aromatic carbocycles. The van der Waals surface area contributed by atoms with Crippen molar-refractivity contribution in [2.45, 2.75) is 44.0 Å². The number of likely N-dealkylation sites (tertiary alicyclic amines) is 1. The lowest BCUT2D eigenvalue weighted by molar-refractivity contribution is 0.171. The molecule has 0 saturated carbocycles. The molecule has 0 radical (unpaired) electrons. The molecule has 0 spiro atoms. The molecule has 0 aliphatic carbocycles. The van der Waals surface area contributed by atoms with Gasteiger partial charge in [0.15, 0.2) is 15.6 Å². The van der Waals surface area contributed by atoms with Gasteiger partial charge in [0.25, 0.3) is 0 Å². The van der Waals surface area contributed by atoms with E-state index in [1.807, 2.05) is 12.3 Å². The molecule has 8 heteroatoms. The number of benzene rings is 1. The zero-order valence-corrected chi connectivity index (χ0v) is 19.7. The Morgan fingerprint density at radius 3 is 2.50 bits per heavy atom. The average molecular weight is 492 g/mol. The Morgan fingerprint density at radius 1 is 1.21 bits per heavy atom. The molecule has 1 aliphatic rings. The Morgan fingerprint density at radius 2 is 1.89 bits per heavy atom. The lowest BCUT2D eigenvalue weighted by atomic mass is 10.1. The molecule has 1 aromatic heterocycles. The zero-order valence-electron chi connectivity index (χ0n) is 16.5. The first-order valence-corrected chi connectivity index (χ1v) is 11.9. The van der Waals surface area contributed by atoms with Crippen molar-refractivity contribution in [3.63, 3.8) is 0 Å². The van der Waals surface area contributed by atoms with Crippen LogP contribution in [0.4, 0.5) is 0 Å². The van der Waals surface area contributed by atoms with Crippen LogP contribution in [-0.4, -0.2) is 43.8 Å². The number of hydrogen-bond acceptors (Lipinski definition) is 4. The van der Waals surface area contributed by atoms with Crippen LogP contribution in [0.25, 0.3) is 5.69 Å². The summed E-state index contributed by atoms with van der Waals surface area (Å²) in [5, 5.41) is 0. The standard InChI is InChI=1S/C20H27BrN2O3S.ClH/c1-4-27(24,25)16-13-17(21)20(26-3)19(14-16)23-12-8-9-18(23)15(2)22-10-6-5-7-11-22;/h8-9,12-15H,4-7,10-11H2,1-3H3;1H. The van der Waals surface area contributed by atoms with E-state index in [1.54, 1.807) is 26.2 Å². The molecule has 0 bridgehead atoms. The van der Waals surface area contributed by atoms with Gasteiger partial charge in [-0.3, -0.25) is 4.90 Å². The number of aromatic nitrogens is 1. The van der Waals surface area contributed by atoms with Gasteiger partial charge in [0, 0.05) is 17.9 Å².